The topological polar surface area (TPSA) is 144 Å². The monoisotopic (exact) mass is 323 g/mol. The standard InChI is InChI=1S/C15H17NO7/c1-2-3-4-11(16)15(22)23-14(21)9-6-5-8(12(17)18)7-10(9)13(19)20/h5-7,11H,2-4,16H2,1H3,(H,17,18)(H,19,20). The molecule has 0 spiro atoms. The Balaban J connectivity index is 2.97. The molecule has 8 nitrogen and oxygen atoms in total. The lowest BCUT2D eigenvalue weighted by atomic mass is 10.0. The molecular formula is C15H17NO7. The van der Waals surface area contributed by atoms with Crippen molar-refractivity contribution in [1.82, 2.24) is 0 Å². The summed E-state index contributed by atoms with van der Waals surface area (Å²) in [6.45, 7) is 1.91. The number of hydrogen-bond donors (Lipinski definition) is 3. The number of ether oxygens (including phenoxy) is 1. The first-order valence-electron chi connectivity index (χ1n) is 6.90. The van der Waals surface area contributed by atoms with Gasteiger partial charge in [-0.1, -0.05) is 19.8 Å². The van der Waals surface area contributed by atoms with Crippen molar-refractivity contribution in [2.45, 2.75) is 32.2 Å². The van der Waals surface area contributed by atoms with E-state index in [9.17, 15) is 19.2 Å². The van der Waals surface area contributed by atoms with E-state index in [1.807, 2.05) is 6.92 Å². The number of benzene rings is 1. The molecule has 23 heavy (non-hydrogen) atoms. The van der Waals surface area contributed by atoms with Gasteiger partial charge in [0.05, 0.1) is 16.7 Å². The Kier molecular flexibility index (Phi) is 6.40. The van der Waals surface area contributed by atoms with Crippen molar-refractivity contribution < 1.29 is 34.1 Å². The van der Waals surface area contributed by atoms with Crippen molar-refractivity contribution in [3.8, 4) is 0 Å². The van der Waals surface area contributed by atoms with Gasteiger partial charge in [0.1, 0.15) is 6.04 Å². The Bertz CT molecular complexity index is 639. The van der Waals surface area contributed by atoms with Gasteiger partial charge >= 0.3 is 23.9 Å². The van der Waals surface area contributed by atoms with Crippen LogP contribution in [0.5, 0.6) is 0 Å². The van der Waals surface area contributed by atoms with Crippen molar-refractivity contribution in [2.75, 3.05) is 0 Å². The minimum absolute atomic E-state index is 0.301. The maximum absolute atomic E-state index is 11.9. The van der Waals surface area contributed by atoms with E-state index in [-0.39, 0.29) is 5.56 Å². The molecule has 0 aliphatic carbocycles. The maximum Gasteiger partial charge on any atom is 0.346 e. The van der Waals surface area contributed by atoms with E-state index < -0.39 is 41.0 Å². The summed E-state index contributed by atoms with van der Waals surface area (Å²) in [5, 5.41) is 17.9. The number of carboxylic acid groups (broad SMARTS) is 2. The normalized spacial score (nSPS) is 11.6. The number of unbranched alkanes of at least 4 members (excludes halogenated alkanes) is 1. The lowest BCUT2D eigenvalue weighted by molar-refractivity contribution is -0.139. The number of esters is 2. The molecule has 4 N–H and O–H groups in total. The highest BCUT2D eigenvalue weighted by Crippen LogP contribution is 2.15. The average molecular weight is 323 g/mol. The highest BCUT2D eigenvalue weighted by molar-refractivity contribution is 6.07. The zero-order valence-corrected chi connectivity index (χ0v) is 12.4. The number of carbonyl (C=O) groups is 4. The predicted molar refractivity (Wildman–Crippen MR) is 78.3 cm³/mol. The van der Waals surface area contributed by atoms with Crippen LogP contribution in [0.15, 0.2) is 18.2 Å². The number of hydrogen-bond acceptors (Lipinski definition) is 6. The van der Waals surface area contributed by atoms with Gasteiger partial charge in [0.25, 0.3) is 0 Å². The third-order valence-corrected chi connectivity index (χ3v) is 3.08. The van der Waals surface area contributed by atoms with Crippen molar-refractivity contribution in [3.63, 3.8) is 0 Å². The molecule has 1 rings (SSSR count). The Labute approximate surface area is 131 Å². The SMILES string of the molecule is CCCCC(N)C(=O)OC(=O)c1ccc(C(=O)O)cc1C(=O)O. The molecule has 0 fully saturated rings. The van der Waals surface area contributed by atoms with Gasteiger partial charge in [-0.25, -0.2) is 19.2 Å². The molecular weight excluding hydrogens is 306 g/mol. The molecule has 1 aromatic rings. The highest BCUT2D eigenvalue weighted by atomic mass is 16.6. The lowest BCUT2D eigenvalue weighted by Crippen LogP contribution is -2.34. The molecule has 0 radical (unpaired) electrons. The fraction of sp³-hybridized carbons (Fsp3) is 0.333. The first-order valence-corrected chi connectivity index (χ1v) is 6.90. The van der Waals surface area contributed by atoms with Crippen LogP contribution in [-0.2, 0) is 9.53 Å². The largest absolute Gasteiger partial charge is 0.478 e. The van der Waals surface area contributed by atoms with Gasteiger partial charge in [-0.3, -0.25) is 0 Å². The van der Waals surface area contributed by atoms with Crippen molar-refractivity contribution in [3.05, 3.63) is 34.9 Å². The molecule has 0 amide bonds. The third-order valence-electron chi connectivity index (χ3n) is 3.08. The number of carbonyl (C=O) groups excluding carboxylic acids is 2. The van der Waals surface area contributed by atoms with Crippen LogP contribution in [0.3, 0.4) is 0 Å². The van der Waals surface area contributed by atoms with Gasteiger partial charge in [-0.2, -0.15) is 0 Å². The third kappa shape index (κ3) is 4.89. The van der Waals surface area contributed by atoms with E-state index in [0.717, 1.165) is 24.6 Å². The van der Waals surface area contributed by atoms with Gasteiger partial charge in [0.15, 0.2) is 0 Å². The summed E-state index contributed by atoms with van der Waals surface area (Å²) in [4.78, 5) is 45.6. The first-order chi connectivity index (χ1) is 10.8. The summed E-state index contributed by atoms with van der Waals surface area (Å²) < 4.78 is 4.57. The summed E-state index contributed by atoms with van der Waals surface area (Å²) in [6, 6.07) is 1.88. The smallest absolute Gasteiger partial charge is 0.346 e. The van der Waals surface area contributed by atoms with E-state index in [1.54, 1.807) is 0 Å². The Morgan fingerprint density at radius 2 is 1.78 bits per heavy atom. The Morgan fingerprint density at radius 1 is 1.13 bits per heavy atom. The fourth-order valence-electron chi connectivity index (χ4n) is 1.80. The van der Waals surface area contributed by atoms with Crippen LogP contribution in [0.4, 0.5) is 0 Å². The summed E-state index contributed by atoms with van der Waals surface area (Å²) >= 11 is 0. The average Bonchev–Trinajstić information content (AvgIpc) is 2.51. The molecule has 0 aliphatic rings. The van der Waals surface area contributed by atoms with Crippen LogP contribution < -0.4 is 5.73 Å². The van der Waals surface area contributed by atoms with Gasteiger partial charge < -0.3 is 20.7 Å². The molecule has 1 atom stereocenters. The Hall–Kier alpha value is -2.74. The molecule has 0 bridgehead atoms. The number of nitrogens with two attached hydrogens (primary N) is 1. The molecule has 0 aliphatic heterocycles. The van der Waals surface area contributed by atoms with Gasteiger partial charge in [-0.05, 0) is 24.6 Å². The van der Waals surface area contributed by atoms with Crippen molar-refractivity contribution in [1.29, 1.82) is 0 Å². The van der Waals surface area contributed by atoms with Crippen molar-refractivity contribution in [2.24, 2.45) is 5.73 Å². The van der Waals surface area contributed by atoms with E-state index in [0.29, 0.717) is 12.8 Å². The fourth-order valence-corrected chi connectivity index (χ4v) is 1.80. The molecule has 0 saturated carbocycles. The molecule has 0 saturated heterocycles. The summed E-state index contributed by atoms with van der Waals surface area (Å²) in [7, 11) is 0. The van der Waals surface area contributed by atoms with E-state index >= 15 is 0 Å². The number of carboxylic acids is 2. The predicted octanol–water partition coefficient (Wildman–Crippen LogP) is 1.28. The molecule has 1 unspecified atom stereocenters. The van der Waals surface area contributed by atoms with Crippen LogP contribution in [0.1, 0.15) is 57.3 Å². The van der Waals surface area contributed by atoms with E-state index in [2.05, 4.69) is 4.74 Å². The minimum atomic E-state index is -1.51. The van der Waals surface area contributed by atoms with Gasteiger partial charge in [0.2, 0.25) is 0 Å². The zero-order chi connectivity index (χ0) is 17.6. The lowest BCUT2D eigenvalue weighted by Gasteiger charge is -2.11. The second-order valence-electron chi connectivity index (χ2n) is 4.83. The van der Waals surface area contributed by atoms with Crippen LogP contribution in [0, 0.1) is 0 Å². The first kappa shape index (κ1) is 18.3. The van der Waals surface area contributed by atoms with Crippen LogP contribution in [0.2, 0.25) is 0 Å². The van der Waals surface area contributed by atoms with E-state index in [1.165, 1.54) is 0 Å². The molecule has 124 valence electrons. The quantitative estimate of drug-likeness (QED) is 0.503. The Morgan fingerprint density at radius 3 is 2.30 bits per heavy atom. The second kappa shape index (κ2) is 8.04. The van der Waals surface area contributed by atoms with Crippen LogP contribution in [0.25, 0.3) is 0 Å². The highest BCUT2D eigenvalue weighted by Gasteiger charge is 2.24. The van der Waals surface area contributed by atoms with Crippen LogP contribution in [-0.4, -0.2) is 40.1 Å². The van der Waals surface area contributed by atoms with Gasteiger partial charge in [0, 0.05) is 0 Å². The maximum atomic E-state index is 11.9. The number of aromatic carboxylic acids is 2. The van der Waals surface area contributed by atoms with Crippen molar-refractivity contribution >= 4 is 23.9 Å². The summed E-state index contributed by atoms with van der Waals surface area (Å²) in [6.07, 6.45) is 1.83. The second-order valence-corrected chi connectivity index (χ2v) is 4.83. The summed E-state index contributed by atoms with van der Waals surface area (Å²) in [5.41, 5.74) is 4.29. The molecule has 0 heterocycles. The molecule has 0 aromatic heterocycles. The van der Waals surface area contributed by atoms with Crippen LogP contribution >= 0.6 is 0 Å². The molecule has 1 aromatic carbocycles. The molecule has 8 heteroatoms. The summed E-state index contributed by atoms with van der Waals surface area (Å²) in [5.74, 6) is -4.99. The zero-order valence-electron chi connectivity index (χ0n) is 12.4. The number of rotatable bonds is 7. The van der Waals surface area contributed by atoms with Gasteiger partial charge in [-0.15, -0.1) is 0 Å². The minimum Gasteiger partial charge on any atom is -0.478 e. The van der Waals surface area contributed by atoms with E-state index in [4.69, 9.17) is 15.9 Å².